The van der Waals surface area contributed by atoms with Crippen molar-refractivity contribution in [3.63, 3.8) is 0 Å². The molecule has 2 heteroatoms. The third kappa shape index (κ3) is 17.8. The summed E-state index contributed by atoms with van der Waals surface area (Å²) in [4.78, 5) is 2.31. The molecule has 70 valence electrons. The fraction of sp³-hybridized carbons (Fsp3) is 1.00. The van der Waals surface area contributed by atoms with Crippen molar-refractivity contribution in [2.24, 2.45) is 5.73 Å². The van der Waals surface area contributed by atoms with Crippen molar-refractivity contribution >= 4 is 0 Å². The fourth-order valence-electron chi connectivity index (χ4n) is 0.540. The fourth-order valence-corrected chi connectivity index (χ4v) is 0.540. The van der Waals surface area contributed by atoms with Gasteiger partial charge in [-0.15, -0.1) is 0 Å². The predicted octanol–water partition coefficient (Wildman–Crippen LogP) is 1.70. The molecule has 0 saturated heterocycles. The lowest BCUT2D eigenvalue weighted by Crippen LogP contribution is -2.17. The summed E-state index contributed by atoms with van der Waals surface area (Å²) < 4.78 is 0. The highest BCUT2D eigenvalue weighted by atomic mass is 15.1. The monoisotopic (exact) mass is 160 g/mol. The van der Waals surface area contributed by atoms with Crippen LogP contribution in [-0.4, -0.2) is 31.6 Å². The van der Waals surface area contributed by atoms with Crippen LogP contribution in [0.25, 0.3) is 0 Å². The molecule has 2 nitrogen and oxygen atoms in total. The molecule has 0 rings (SSSR count). The molecule has 0 atom stereocenters. The van der Waals surface area contributed by atoms with Crippen LogP contribution in [0.3, 0.4) is 0 Å². The summed E-state index contributed by atoms with van der Waals surface area (Å²) in [6.45, 7) is 9.66. The normalized spacial score (nSPS) is 9.27. The van der Waals surface area contributed by atoms with E-state index in [2.05, 4.69) is 32.7 Å². The summed E-state index contributed by atoms with van der Waals surface area (Å²) in [5.41, 5.74) is 5.03. The molecule has 0 amide bonds. The Morgan fingerprint density at radius 2 is 1.55 bits per heavy atom. The van der Waals surface area contributed by atoms with Gasteiger partial charge >= 0.3 is 0 Å². The van der Waals surface area contributed by atoms with Gasteiger partial charge in [0.05, 0.1) is 0 Å². The van der Waals surface area contributed by atoms with E-state index in [0.29, 0.717) is 0 Å². The van der Waals surface area contributed by atoms with E-state index in [9.17, 15) is 0 Å². The highest BCUT2D eigenvalue weighted by Gasteiger charge is 1.86. The Kier molecular flexibility index (Phi) is 15.4. The van der Waals surface area contributed by atoms with Crippen LogP contribution < -0.4 is 5.73 Å². The molecule has 0 unspecified atom stereocenters. The van der Waals surface area contributed by atoms with Crippen LogP contribution in [0, 0.1) is 0 Å². The molecule has 0 spiro atoms. The summed E-state index contributed by atoms with van der Waals surface area (Å²) in [6.07, 6.45) is 2.37. The van der Waals surface area contributed by atoms with E-state index in [4.69, 9.17) is 5.73 Å². The molecule has 2 N–H and O–H groups in total. The van der Waals surface area contributed by atoms with E-state index in [1.54, 1.807) is 0 Å². The standard InChI is InChI=1S/C6H15N.C3H9N/c1-4-6-7(3)5-2;1-2-3-4/h4-6H2,1-3H3;2-4H2,1H3. The molecule has 0 radical (unpaired) electrons. The largest absolute Gasteiger partial charge is 0.330 e. The van der Waals surface area contributed by atoms with Crippen LogP contribution in [0.2, 0.25) is 0 Å². The molecule has 0 aromatic carbocycles. The second kappa shape index (κ2) is 12.6. The van der Waals surface area contributed by atoms with Crippen LogP contribution in [0.5, 0.6) is 0 Å². The second-order valence-electron chi connectivity index (χ2n) is 2.68. The summed E-state index contributed by atoms with van der Waals surface area (Å²) >= 11 is 0. The molecule has 11 heavy (non-hydrogen) atoms. The number of nitrogens with two attached hydrogens (primary N) is 1. The lowest BCUT2D eigenvalue weighted by molar-refractivity contribution is 0.353. The van der Waals surface area contributed by atoms with Crippen LogP contribution in [-0.2, 0) is 0 Å². The van der Waals surface area contributed by atoms with Gasteiger partial charge in [0.15, 0.2) is 0 Å². The van der Waals surface area contributed by atoms with Gasteiger partial charge in [0.25, 0.3) is 0 Å². The van der Waals surface area contributed by atoms with Gasteiger partial charge in [-0.2, -0.15) is 0 Å². The first-order valence-corrected chi connectivity index (χ1v) is 4.61. The Bertz CT molecular complexity index is 53.5. The molecule has 0 aliphatic heterocycles. The second-order valence-corrected chi connectivity index (χ2v) is 2.68. The Hall–Kier alpha value is -0.0800. The lowest BCUT2D eigenvalue weighted by atomic mass is 10.4. The maximum Gasteiger partial charge on any atom is -0.00245 e. The molecule has 0 saturated carbocycles. The highest BCUT2D eigenvalue weighted by molar-refractivity contribution is 4.41. The van der Waals surface area contributed by atoms with Crippen LogP contribution in [0.1, 0.15) is 33.6 Å². The lowest BCUT2D eigenvalue weighted by Gasteiger charge is -2.10. The highest BCUT2D eigenvalue weighted by Crippen LogP contribution is 1.82. The average Bonchev–Trinajstić information content (AvgIpc) is 2.05. The third-order valence-corrected chi connectivity index (χ3v) is 1.43. The van der Waals surface area contributed by atoms with Gasteiger partial charge in [0.2, 0.25) is 0 Å². The zero-order chi connectivity index (χ0) is 9.11. The Labute approximate surface area is 71.8 Å². The van der Waals surface area contributed by atoms with Crippen molar-refractivity contribution in [3.8, 4) is 0 Å². The third-order valence-electron chi connectivity index (χ3n) is 1.43. The van der Waals surface area contributed by atoms with E-state index >= 15 is 0 Å². The number of rotatable bonds is 4. The number of hydrogen-bond donors (Lipinski definition) is 1. The van der Waals surface area contributed by atoms with E-state index in [0.717, 1.165) is 13.0 Å². The minimum absolute atomic E-state index is 0.819. The zero-order valence-corrected chi connectivity index (χ0v) is 8.56. The van der Waals surface area contributed by atoms with Gasteiger partial charge < -0.3 is 10.6 Å². The van der Waals surface area contributed by atoms with Crippen LogP contribution in [0.15, 0.2) is 0 Å². The van der Waals surface area contributed by atoms with Gasteiger partial charge in [0, 0.05) is 0 Å². The molecular formula is C9H24N2. The average molecular weight is 160 g/mol. The molecule has 0 bridgehead atoms. The molecule has 0 aromatic heterocycles. The Morgan fingerprint density at radius 1 is 1.09 bits per heavy atom. The molecule has 0 aliphatic rings. The first-order chi connectivity index (χ1) is 5.22. The number of hydrogen-bond acceptors (Lipinski definition) is 2. The van der Waals surface area contributed by atoms with E-state index in [1.165, 1.54) is 19.5 Å². The molecular weight excluding hydrogens is 136 g/mol. The molecule has 0 aromatic rings. The van der Waals surface area contributed by atoms with Crippen LogP contribution in [0.4, 0.5) is 0 Å². The van der Waals surface area contributed by atoms with Crippen molar-refractivity contribution < 1.29 is 0 Å². The van der Waals surface area contributed by atoms with Crippen molar-refractivity contribution in [3.05, 3.63) is 0 Å². The Morgan fingerprint density at radius 3 is 1.64 bits per heavy atom. The number of nitrogens with zero attached hydrogens (tertiary/aromatic N) is 1. The minimum Gasteiger partial charge on any atom is -0.330 e. The van der Waals surface area contributed by atoms with E-state index in [-0.39, 0.29) is 0 Å². The SMILES string of the molecule is CCCN.CCCN(C)CC. The van der Waals surface area contributed by atoms with Gasteiger partial charge in [-0.25, -0.2) is 0 Å². The van der Waals surface area contributed by atoms with Crippen molar-refractivity contribution in [2.45, 2.75) is 33.6 Å². The molecule has 0 heterocycles. The zero-order valence-electron chi connectivity index (χ0n) is 8.56. The first kappa shape index (κ1) is 13.5. The summed E-state index contributed by atoms with van der Waals surface area (Å²) in [6, 6.07) is 0. The van der Waals surface area contributed by atoms with Crippen molar-refractivity contribution in [1.29, 1.82) is 0 Å². The summed E-state index contributed by atoms with van der Waals surface area (Å²) in [5.74, 6) is 0. The van der Waals surface area contributed by atoms with E-state index < -0.39 is 0 Å². The van der Waals surface area contributed by atoms with Gasteiger partial charge in [0.1, 0.15) is 0 Å². The minimum atomic E-state index is 0.819. The van der Waals surface area contributed by atoms with Gasteiger partial charge in [-0.1, -0.05) is 20.8 Å². The van der Waals surface area contributed by atoms with Gasteiger partial charge in [-0.05, 0) is 39.5 Å². The maximum atomic E-state index is 5.03. The van der Waals surface area contributed by atoms with Crippen molar-refractivity contribution in [2.75, 3.05) is 26.7 Å². The summed E-state index contributed by atoms with van der Waals surface area (Å²) in [7, 11) is 2.14. The van der Waals surface area contributed by atoms with Crippen molar-refractivity contribution in [1.82, 2.24) is 4.90 Å². The first-order valence-electron chi connectivity index (χ1n) is 4.61. The topological polar surface area (TPSA) is 29.3 Å². The Balaban J connectivity index is 0. The summed E-state index contributed by atoms with van der Waals surface area (Å²) in [5, 5.41) is 0. The maximum absolute atomic E-state index is 5.03. The quantitative estimate of drug-likeness (QED) is 0.678. The van der Waals surface area contributed by atoms with E-state index in [1.807, 2.05) is 0 Å². The molecule has 0 aliphatic carbocycles. The van der Waals surface area contributed by atoms with Gasteiger partial charge in [-0.3, -0.25) is 0 Å². The molecule has 0 fully saturated rings. The smallest absolute Gasteiger partial charge is 0.00245 e. The van der Waals surface area contributed by atoms with Crippen LogP contribution >= 0.6 is 0 Å². The predicted molar refractivity (Wildman–Crippen MR) is 52.8 cm³/mol.